The summed E-state index contributed by atoms with van der Waals surface area (Å²) < 4.78 is 1.82. The molecule has 0 saturated heterocycles. The van der Waals surface area contributed by atoms with Gasteiger partial charge in [0, 0.05) is 30.7 Å². The lowest BCUT2D eigenvalue weighted by Gasteiger charge is -2.08. The van der Waals surface area contributed by atoms with Crippen LogP contribution in [0.3, 0.4) is 0 Å². The predicted molar refractivity (Wildman–Crippen MR) is 84.3 cm³/mol. The molecule has 116 valence electrons. The summed E-state index contributed by atoms with van der Waals surface area (Å²) in [5, 5.41) is 13.9. The smallest absolute Gasteiger partial charge is 0.290 e. The van der Waals surface area contributed by atoms with Gasteiger partial charge in [0.05, 0.1) is 4.92 Å². The van der Waals surface area contributed by atoms with E-state index < -0.39 is 4.92 Å². The summed E-state index contributed by atoms with van der Waals surface area (Å²) in [5.41, 5.74) is 1.60. The molecular formula is C15H14N6O2. The Labute approximate surface area is 132 Å². The van der Waals surface area contributed by atoms with Crippen molar-refractivity contribution in [3.05, 3.63) is 70.6 Å². The normalized spacial score (nSPS) is 10.5. The summed E-state index contributed by atoms with van der Waals surface area (Å²) in [7, 11) is 0. The van der Waals surface area contributed by atoms with Crippen LogP contribution in [-0.4, -0.2) is 24.4 Å². The molecule has 3 heterocycles. The van der Waals surface area contributed by atoms with Crippen molar-refractivity contribution in [1.82, 2.24) is 19.5 Å². The Morgan fingerprint density at radius 3 is 2.87 bits per heavy atom. The Morgan fingerprint density at radius 1 is 1.30 bits per heavy atom. The number of aromatic nitrogens is 4. The molecule has 23 heavy (non-hydrogen) atoms. The lowest BCUT2D eigenvalue weighted by atomic mass is 10.2. The summed E-state index contributed by atoms with van der Waals surface area (Å²) in [6.07, 6.45) is 8.18. The minimum absolute atomic E-state index is 0.0156. The lowest BCUT2D eigenvalue weighted by molar-refractivity contribution is -0.385. The van der Waals surface area contributed by atoms with E-state index in [4.69, 9.17) is 0 Å². The van der Waals surface area contributed by atoms with E-state index in [-0.39, 0.29) is 5.69 Å². The summed E-state index contributed by atoms with van der Waals surface area (Å²) in [6, 6.07) is 5.49. The van der Waals surface area contributed by atoms with E-state index in [1.165, 1.54) is 6.20 Å². The van der Waals surface area contributed by atoms with Crippen LogP contribution in [0.1, 0.15) is 11.1 Å². The molecule has 0 aliphatic rings. The molecule has 8 heteroatoms. The van der Waals surface area contributed by atoms with Gasteiger partial charge in [-0.2, -0.15) is 0 Å². The van der Waals surface area contributed by atoms with Gasteiger partial charge in [-0.3, -0.25) is 14.7 Å². The zero-order valence-electron chi connectivity index (χ0n) is 12.4. The molecule has 1 N–H and O–H groups in total. The fourth-order valence-corrected chi connectivity index (χ4v) is 2.14. The van der Waals surface area contributed by atoms with Crippen LogP contribution in [0.5, 0.6) is 0 Å². The number of rotatable bonds is 5. The third-order valence-electron chi connectivity index (χ3n) is 3.33. The van der Waals surface area contributed by atoms with Crippen molar-refractivity contribution in [2.75, 3.05) is 5.32 Å². The fourth-order valence-electron chi connectivity index (χ4n) is 2.14. The Kier molecular flexibility index (Phi) is 3.96. The van der Waals surface area contributed by atoms with Crippen molar-refractivity contribution in [3.8, 4) is 5.82 Å². The minimum atomic E-state index is -0.438. The van der Waals surface area contributed by atoms with E-state index >= 15 is 0 Å². The highest BCUT2D eigenvalue weighted by Crippen LogP contribution is 2.19. The van der Waals surface area contributed by atoms with Gasteiger partial charge in [-0.25, -0.2) is 15.0 Å². The van der Waals surface area contributed by atoms with Gasteiger partial charge in [-0.15, -0.1) is 0 Å². The van der Waals surface area contributed by atoms with E-state index in [1.54, 1.807) is 31.7 Å². The number of pyridine rings is 2. The standard InChI is InChI=1S/C15H14N6O2/c1-11-6-14(19-9-13(11)21(22)23)18-8-12-2-3-17-15(7-12)20-5-4-16-10-20/h2-7,9-10H,8H2,1H3,(H,18,19). The Bertz CT molecular complexity index is 832. The number of nitrogens with zero attached hydrogens (tertiary/aromatic N) is 5. The first-order valence-electron chi connectivity index (χ1n) is 6.91. The van der Waals surface area contributed by atoms with Crippen molar-refractivity contribution >= 4 is 11.5 Å². The Morgan fingerprint density at radius 2 is 2.17 bits per heavy atom. The number of imidazole rings is 1. The number of nitrogens with one attached hydrogen (secondary N) is 1. The average Bonchev–Trinajstić information content (AvgIpc) is 3.07. The van der Waals surface area contributed by atoms with Gasteiger partial charge in [0.25, 0.3) is 5.69 Å². The Balaban J connectivity index is 1.72. The average molecular weight is 310 g/mol. The van der Waals surface area contributed by atoms with Gasteiger partial charge in [0.15, 0.2) is 0 Å². The van der Waals surface area contributed by atoms with E-state index in [2.05, 4.69) is 20.3 Å². The van der Waals surface area contributed by atoms with Crippen molar-refractivity contribution in [2.45, 2.75) is 13.5 Å². The lowest BCUT2D eigenvalue weighted by Crippen LogP contribution is -2.04. The van der Waals surface area contributed by atoms with Crippen LogP contribution in [0.2, 0.25) is 0 Å². The maximum absolute atomic E-state index is 10.8. The third-order valence-corrected chi connectivity index (χ3v) is 3.33. The minimum Gasteiger partial charge on any atom is -0.366 e. The van der Waals surface area contributed by atoms with E-state index in [9.17, 15) is 10.1 Å². The topological polar surface area (TPSA) is 98.8 Å². The van der Waals surface area contributed by atoms with Crippen LogP contribution in [0.25, 0.3) is 5.82 Å². The van der Waals surface area contributed by atoms with E-state index in [1.807, 2.05) is 22.9 Å². The highest BCUT2D eigenvalue weighted by atomic mass is 16.6. The number of anilines is 1. The monoisotopic (exact) mass is 310 g/mol. The first-order valence-corrected chi connectivity index (χ1v) is 6.91. The largest absolute Gasteiger partial charge is 0.366 e. The Hall–Kier alpha value is -3.29. The molecule has 0 unspecified atom stereocenters. The number of nitro groups is 1. The maximum Gasteiger partial charge on any atom is 0.290 e. The summed E-state index contributed by atoms with van der Waals surface area (Å²) in [6.45, 7) is 2.23. The van der Waals surface area contributed by atoms with Crippen LogP contribution in [-0.2, 0) is 6.54 Å². The zero-order valence-corrected chi connectivity index (χ0v) is 12.4. The molecule has 3 rings (SSSR count). The quantitative estimate of drug-likeness (QED) is 0.574. The van der Waals surface area contributed by atoms with E-state index in [0.717, 1.165) is 11.4 Å². The highest BCUT2D eigenvalue weighted by Gasteiger charge is 2.11. The van der Waals surface area contributed by atoms with Gasteiger partial charge in [0.2, 0.25) is 0 Å². The fraction of sp³-hybridized carbons (Fsp3) is 0.133. The molecule has 8 nitrogen and oxygen atoms in total. The molecule has 0 radical (unpaired) electrons. The van der Waals surface area contributed by atoms with Crippen LogP contribution in [0.4, 0.5) is 11.5 Å². The summed E-state index contributed by atoms with van der Waals surface area (Å²) in [4.78, 5) is 22.7. The summed E-state index contributed by atoms with van der Waals surface area (Å²) >= 11 is 0. The first kappa shape index (κ1) is 14.6. The second-order valence-electron chi connectivity index (χ2n) is 4.96. The number of aryl methyl sites for hydroxylation is 1. The highest BCUT2D eigenvalue weighted by molar-refractivity contribution is 5.47. The number of hydrogen-bond donors (Lipinski definition) is 1. The molecular weight excluding hydrogens is 296 g/mol. The van der Waals surface area contributed by atoms with Crippen molar-refractivity contribution in [1.29, 1.82) is 0 Å². The molecule has 0 amide bonds. The van der Waals surface area contributed by atoms with Crippen LogP contribution < -0.4 is 5.32 Å². The SMILES string of the molecule is Cc1cc(NCc2ccnc(-n3ccnc3)c2)ncc1[N+](=O)[O-]. The molecule has 0 fully saturated rings. The molecule has 0 aromatic carbocycles. The maximum atomic E-state index is 10.8. The number of hydrogen-bond acceptors (Lipinski definition) is 6. The van der Waals surface area contributed by atoms with Crippen molar-refractivity contribution in [3.63, 3.8) is 0 Å². The van der Waals surface area contributed by atoms with Gasteiger partial charge in [-0.05, 0) is 30.7 Å². The second kappa shape index (κ2) is 6.22. The predicted octanol–water partition coefficient (Wildman–Crippen LogP) is 2.49. The molecule has 3 aromatic rings. The molecule has 0 aliphatic carbocycles. The van der Waals surface area contributed by atoms with Crippen LogP contribution in [0.15, 0.2) is 49.3 Å². The van der Waals surface area contributed by atoms with E-state index in [0.29, 0.717) is 17.9 Å². The molecule has 3 aromatic heterocycles. The molecule has 0 aliphatic heterocycles. The molecule has 0 saturated carbocycles. The van der Waals surface area contributed by atoms with Crippen LogP contribution in [0, 0.1) is 17.0 Å². The zero-order chi connectivity index (χ0) is 16.2. The first-order chi connectivity index (χ1) is 11.1. The van der Waals surface area contributed by atoms with Gasteiger partial charge in [-0.1, -0.05) is 0 Å². The summed E-state index contributed by atoms with van der Waals surface area (Å²) in [5.74, 6) is 1.36. The van der Waals surface area contributed by atoms with Gasteiger partial charge in [0.1, 0.15) is 24.2 Å². The molecule has 0 atom stereocenters. The molecule has 0 bridgehead atoms. The van der Waals surface area contributed by atoms with Gasteiger partial charge < -0.3 is 5.32 Å². The third kappa shape index (κ3) is 3.31. The molecule has 0 spiro atoms. The van der Waals surface area contributed by atoms with Crippen LogP contribution >= 0.6 is 0 Å². The van der Waals surface area contributed by atoms with Gasteiger partial charge >= 0.3 is 0 Å². The second-order valence-corrected chi connectivity index (χ2v) is 4.96. The van der Waals surface area contributed by atoms with Crippen molar-refractivity contribution in [2.24, 2.45) is 0 Å². The van der Waals surface area contributed by atoms with Crippen molar-refractivity contribution < 1.29 is 4.92 Å².